The van der Waals surface area contributed by atoms with Gasteiger partial charge in [0.2, 0.25) is 0 Å². The van der Waals surface area contributed by atoms with E-state index in [2.05, 4.69) is 0 Å². The van der Waals surface area contributed by atoms with Crippen molar-refractivity contribution in [3.8, 4) is 0 Å². The van der Waals surface area contributed by atoms with Gasteiger partial charge < -0.3 is 10.0 Å². The molecular formula is C20H20ClNO3. The van der Waals surface area contributed by atoms with Gasteiger partial charge in [-0.05, 0) is 31.5 Å². The second-order valence-electron chi connectivity index (χ2n) is 6.44. The average Bonchev–Trinajstić information content (AvgIpc) is 2.77. The number of nitrogens with zero attached hydrogens (tertiary/aromatic N) is 1. The van der Waals surface area contributed by atoms with Crippen molar-refractivity contribution < 1.29 is 14.7 Å². The SMILES string of the molecule is CCCN1C(=O)C(O)(CC(=O)c2ccc(C)cc2)c2cc(Cl)ccc21. The molecule has 2 aromatic carbocycles. The van der Waals surface area contributed by atoms with Crippen LogP contribution in [0.15, 0.2) is 42.5 Å². The molecule has 3 rings (SSSR count). The Kier molecular flexibility index (Phi) is 4.67. The van der Waals surface area contributed by atoms with E-state index in [-0.39, 0.29) is 12.2 Å². The molecule has 1 unspecified atom stereocenters. The quantitative estimate of drug-likeness (QED) is 0.826. The highest BCUT2D eigenvalue weighted by Gasteiger charge is 2.50. The van der Waals surface area contributed by atoms with Crippen LogP contribution in [0.25, 0.3) is 0 Å². The van der Waals surface area contributed by atoms with E-state index in [1.807, 2.05) is 26.0 Å². The molecule has 0 aromatic heterocycles. The summed E-state index contributed by atoms with van der Waals surface area (Å²) in [6.07, 6.45) is 0.443. The summed E-state index contributed by atoms with van der Waals surface area (Å²) in [4.78, 5) is 27.1. The Balaban J connectivity index is 1.99. The van der Waals surface area contributed by atoms with Gasteiger partial charge in [-0.15, -0.1) is 0 Å². The van der Waals surface area contributed by atoms with Crippen molar-refractivity contribution in [2.45, 2.75) is 32.3 Å². The zero-order valence-corrected chi connectivity index (χ0v) is 15.0. The van der Waals surface area contributed by atoms with Gasteiger partial charge in [0.15, 0.2) is 11.4 Å². The Labute approximate surface area is 152 Å². The molecule has 2 aromatic rings. The molecule has 0 bridgehead atoms. The third kappa shape index (κ3) is 3.08. The molecule has 0 saturated heterocycles. The minimum atomic E-state index is -1.88. The van der Waals surface area contributed by atoms with Gasteiger partial charge in [0.1, 0.15) is 0 Å². The Morgan fingerprint density at radius 2 is 1.88 bits per heavy atom. The standard InChI is InChI=1S/C20H20ClNO3/c1-3-10-22-17-9-8-15(21)11-16(17)20(25,19(22)24)12-18(23)14-6-4-13(2)5-7-14/h4-9,11,25H,3,10,12H2,1-2H3. The van der Waals surface area contributed by atoms with Crippen molar-refractivity contribution >= 4 is 29.0 Å². The minimum Gasteiger partial charge on any atom is -0.375 e. The van der Waals surface area contributed by atoms with Gasteiger partial charge in [-0.3, -0.25) is 9.59 Å². The van der Waals surface area contributed by atoms with Crippen LogP contribution in [0.5, 0.6) is 0 Å². The maximum absolute atomic E-state index is 12.9. The molecule has 1 atom stereocenters. The minimum absolute atomic E-state index is 0.278. The smallest absolute Gasteiger partial charge is 0.264 e. The highest BCUT2D eigenvalue weighted by Crippen LogP contribution is 2.44. The number of amides is 1. The summed E-state index contributed by atoms with van der Waals surface area (Å²) in [6, 6.07) is 12.1. The second kappa shape index (κ2) is 6.62. The van der Waals surface area contributed by atoms with Gasteiger partial charge in [-0.2, -0.15) is 0 Å². The van der Waals surface area contributed by atoms with Crippen molar-refractivity contribution in [3.05, 3.63) is 64.2 Å². The molecule has 25 heavy (non-hydrogen) atoms. The number of rotatable bonds is 5. The molecule has 1 N–H and O–H groups in total. The first kappa shape index (κ1) is 17.6. The molecule has 1 aliphatic rings. The Hall–Kier alpha value is -2.17. The number of anilines is 1. The van der Waals surface area contributed by atoms with Crippen LogP contribution in [0.1, 0.15) is 41.3 Å². The topological polar surface area (TPSA) is 57.6 Å². The normalized spacial score (nSPS) is 19.2. The highest BCUT2D eigenvalue weighted by atomic mass is 35.5. The van der Waals surface area contributed by atoms with Gasteiger partial charge in [-0.25, -0.2) is 0 Å². The van der Waals surface area contributed by atoms with Crippen molar-refractivity contribution in [2.75, 3.05) is 11.4 Å². The lowest BCUT2D eigenvalue weighted by molar-refractivity contribution is -0.135. The molecule has 1 amide bonds. The third-order valence-corrected chi connectivity index (χ3v) is 4.77. The maximum Gasteiger partial charge on any atom is 0.264 e. The molecule has 0 spiro atoms. The molecular weight excluding hydrogens is 338 g/mol. The summed E-state index contributed by atoms with van der Waals surface area (Å²) in [7, 11) is 0. The molecule has 0 fully saturated rings. The first-order chi connectivity index (χ1) is 11.9. The maximum atomic E-state index is 12.9. The molecule has 0 saturated carbocycles. The average molecular weight is 358 g/mol. The van der Waals surface area contributed by atoms with E-state index in [1.165, 1.54) is 4.90 Å². The number of hydrogen-bond acceptors (Lipinski definition) is 3. The summed E-state index contributed by atoms with van der Waals surface area (Å²) < 4.78 is 0. The van der Waals surface area contributed by atoms with E-state index in [0.29, 0.717) is 28.4 Å². The predicted molar refractivity (Wildman–Crippen MR) is 98.1 cm³/mol. The Bertz CT molecular complexity index is 831. The van der Waals surface area contributed by atoms with Crippen molar-refractivity contribution in [1.82, 2.24) is 0 Å². The largest absolute Gasteiger partial charge is 0.375 e. The van der Waals surface area contributed by atoms with Gasteiger partial charge in [-0.1, -0.05) is 48.4 Å². The lowest BCUT2D eigenvalue weighted by Crippen LogP contribution is -2.42. The number of Topliss-reactive ketones (excluding diaryl/α,β-unsaturated/α-hetero) is 1. The van der Waals surface area contributed by atoms with Crippen LogP contribution < -0.4 is 4.90 Å². The van der Waals surface area contributed by atoms with Crippen molar-refractivity contribution in [3.63, 3.8) is 0 Å². The summed E-state index contributed by atoms with van der Waals surface area (Å²) in [5.41, 5.74) is 0.661. The summed E-state index contributed by atoms with van der Waals surface area (Å²) in [6.45, 7) is 4.37. The van der Waals surface area contributed by atoms with Gasteiger partial charge in [0, 0.05) is 22.7 Å². The van der Waals surface area contributed by atoms with Crippen LogP contribution in [0.2, 0.25) is 5.02 Å². The Morgan fingerprint density at radius 3 is 2.52 bits per heavy atom. The van der Waals surface area contributed by atoms with Crippen LogP contribution in [-0.2, 0) is 10.4 Å². The van der Waals surface area contributed by atoms with Crippen molar-refractivity contribution in [2.24, 2.45) is 0 Å². The lowest BCUT2D eigenvalue weighted by atomic mass is 9.88. The molecule has 1 aliphatic heterocycles. The fourth-order valence-electron chi connectivity index (χ4n) is 3.21. The highest BCUT2D eigenvalue weighted by molar-refractivity contribution is 6.31. The number of halogens is 1. The first-order valence-corrected chi connectivity index (χ1v) is 8.69. The number of aliphatic hydroxyl groups is 1. The van der Waals surface area contributed by atoms with E-state index >= 15 is 0 Å². The van der Waals surface area contributed by atoms with Gasteiger partial charge in [0.25, 0.3) is 5.91 Å². The van der Waals surface area contributed by atoms with E-state index in [0.717, 1.165) is 12.0 Å². The van der Waals surface area contributed by atoms with Crippen molar-refractivity contribution in [1.29, 1.82) is 0 Å². The summed E-state index contributed by atoms with van der Waals surface area (Å²) in [5, 5.41) is 11.6. The fraction of sp³-hybridized carbons (Fsp3) is 0.300. The van der Waals surface area contributed by atoms with E-state index in [1.54, 1.807) is 30.3 Å². The molecule has 0 radical (unpaired) electrons. The lowest BCUT2D eigenvalue weighted by Gasteiger charge is -2.22. The van der Waals surface area contributed by atoms with Crippen LogP contribution in [-0.4, -0.2) is 23.3 Å². The first-order valence-electron chi connectivity index (χ1n) is 8.31. The van der Waals surface area contributed by atoms with Crippen LogP contribution in [0, 0.1) is 6.92 Å². The molecule has 1 heterocycles. The zero-order valence-electron chi connectivity index (χ0n) is 14.3. The molecule has 0 aliphatic carbocycles. The number of ketones is 1. The molecule has 130 valence electrons. The van der Waals surface area contributed by atoms with Crippen LogP contribution >= 0.6 is 11.6 Å². The molecule has 5 heteroatoms. The Morgan fingerprint density at radius 1 is 1.20 bits per heavy atom. The number of aryl methyl sites for hydroxylation is 1. The predicted octanol–water partition coefficient (Wildman–Crippen LogP) is 3.87. The monoisotopic (exact) mass is 357 g/mol. The zero-order chi connectivity index (χ0) is 18.2. The van der Waals surface area contributed by atoms with E-state index in [4.69, 9.17) is 11.6 Å². The third-order valence-electron chi connectivity index (χ3n) is 4.53. The van der Waals surface area contributed by atoms with Crippen LogP contribution in [0.3, 0.4) is 0 Å². The number of carbonyl (C=O) groups is 2. The number of carbonyl (C=O) groups excluding carboxylic acids is 2. The van der Waals surface area contributed by atoms with Crippen LogP contribution in [0.4, 0.5) is 5.69 Å². The van der Waals surface area contributed by atoms with E-state index in [9.17, 15) is 14.7 Å². The summed E-state index contributed by atoms with van der Waals surface area (Å²) >= 11 is 6.07. The number of hydrogen-bond donors (Lipinski definition) is 1. The number of benzene rings is 2. The fourth-order valence-corrected chi connectivity index (χ4v) is 3.39. The van der Waals surface area contributed by atoms with Gasteiger partial charge >= 0.3 is 0 Å². The summed E-state index contributed by atoms with van der Waals surface area (Å²) in [5.74, 6) is -0.743. The molecule has 4 nitrogen and oxygen atoms in total. The second-order valence-corrected chi connectivity index (χ2v) is 6.88. The van der Waals surface area contributed by atoms with Gasteiger partial charge in [0.05, 0.1) is 12.1 Å². The van der Waals surface area contributed by atoms with E-state index < -0.39 is 11.5 Å². The number of fused-ring (bicyclic) bond motifs is 1.